The number of carbonyl (C=O) groups excluding carboxylic acids is 1. The number of anilines is 3. The SMILES string of the molecule is CN1CCC(N(C=O)c2cc(Oc3ccc4c(c3)nc(Nc3ccc(Br)cc3)n4C)ccn2)CC1. The highest BCUT2D eigenvalue weighted by Crippen LogP contribution is 2.30. The van der Waals surface area contributed by atoms with Gasteiger partial charge in [-0.2, -0.15) is 0 Å². The quantitative estimate of drug-likeness (QED) is 0.323. The third-order valence-electron chi connectivity index (χ3n) is 6.36. The molecule has 3 heterocycles. The number of aryl methyl sites for hydroxylation is 1. The Morgan fingerprint density at radius 2 is 1.80 bits per heavy atom. The topological polar surface area (TPSA) is 75.5 Å². The Hall–Kier alpha value is -3.43. The lowest BCUT2D eigenvalue weighted by Gasteiger charge is -2.34. The maximum Gasteiger partial charge on any atom is 0.215 e. The van der Waals surface area contributed by atoms with Gasteiger partial charge in [-0.1, -0.05) is 15.9 Å². The molecule has 0 radical (unpaired) electrons. The van der Waals surface area contributed by atoms with E-state index in [1.54, 1.807) is 17.2 Å². The van der Waals surface area contributed by atoms with Crippen LogP contribution in [0.2, 0.25) is 0 Å². The van der Waals surface area contributed by atoms with Gasteiger partial charge in [0.2, 0.25) is 12.4 Å². The fraction of sp³-hybridized carbons (Fsp3) is 0.269. The molecule has 2 aromatic carbocycles. The van der Waals surface area contributed by atoms with Gasteiger partial charge in [-0.25, -0.2) is 9.97 Å². The highest BCUT2D eigenvalue weighted by molar-refractivity contribution is 9.10. The smallest absolute Gasteiger partial charge is 0.215 e. The summed E-state index contributed by atoms with van der Waals surface area (Å²) in [5.74, 6) is 2.63. The zero-order valence-electron chi connectivity index (χ0n) is 19.7. The van der Waals surface area contributed by atoms with E-state index in [1.807, 2.05) is 60.1 Å². The number of hydrogen-bond donors (Lipinski definition) is 1. The average Bonchev–Trinajstić information content (AvgIpc) is 3.17. The van der Waals surface area contributed by atoms with Gasteiger partial charge in [0, 0.05) is 41.6 Å². The molecule has 0 aliphatic carbocycles. The zero-order valence-corrected chi connectivity index (χ0v) is 21.3. The van der Waals surface area contributed by atoms with E-state index in [0.29, 0.717) is 17.3 Å². The minimum Gasteiger partial charge on any atom is -0.457 e. The summed E-state index contributed by atoms with van der Waals surface area (Å²) < 4.78 is 9.17. The standard InChI is InChI=1S/C26H27BrN6O2/c1-31-13-10-20(11-14-31)33(17-34)25-16-22(9-12-28-25)35-21-7-8-24-23(15-21)30-26(32(24)2)29-19-5-3-18(27)4-6-19/h3-9,12,15-17,20H,10-11,13-14H2,1-2H3,(H,29,30). The monoisotopic (exact) mass is 534 g/mol. The van der Waals surface area contributed by atoms with Crippen molar-refractivity contribution in [3.63, 3.8) is 0 Å². The van der Waals surface area contributed by atoms with E-state index in [9.17, 15) is 4.79 Å². The van der Waals surface area contributed by atoms with Gasteiger partial charge in [-0.15, -0.1) is 0 Å². The lowest BCUT2D eigenvalue weighted by Crippen LogP contribution is -2.43. The number of amides is 1. The second-order valence-electron chi connectivity index (χ2n) is 8.78. The van der Waals surface area contributed by atoms with Gasteiger partial charge in [0.15, 0.2) is 0 Å². The van der Waals surface area contributed by atoms with Crippen molar-refractivity contribution >= 4 is 50.8 Å². The number of nitrogens with one attached hydrogen (secondary N) is 1. The van der Waals surface area contributed by atoms with Crippen LogP contribution in [-0.4, -0.2) is 52.0 Å². The number of benzene rings is 2. The van der Waals surface area contributed by atoms with Crippen molar-refractivity contribution in [2.45, 2.75) is 18.9 Å². The van der Waals surface area contributed by atoms with Crippen LogP contribution in [0.3, 0.4) is 0 Å². The van der Waals surface area contributed by atoms with Gasteiger partial charge in [-0.05, 0) is 75.4 Å². The van der Waals surface area contributed by atoms with Crippen molar-refractivity contribution in [2.75, 3.05) is 30.4 Å². The van der Waals surface area contributed by atoms with Crippen LogP contribution >= 0.6 is 15.9 Å². The maximum atomic E-state index is 11.9. The Kier molecular flexibility index (Phi) is 6.70. The number of pyridine rings is 1. The van der Waals surface area contributed by atoms with Gasteiger partial charge in [0.05, 0.1) is 11.0 Å². The van der Waals surface area contributed by atoms with E-state index >= 15 is 0 Å². The van der Waals surface area contributed by atoms with Gasteiger partial charge in [-0.3, -0.25) is 9.69 Å². The van der Waals surface area contributed by atoms with Crippen molar-refractivity contribution in [2.24, 2.45) is 7.05 Å². The Labute approximate surface area is 212 Å². The van der Waals surface area contributed by atoms with Crippen LogP contribution in [0.5, 0.6) is 11.5 Å². The molecule has 180 valence electrons. The molecule has 0 unspecified atom stereocenters. The Morgan fingerprint density at radius 3 is 2.54 bits per heavy atom. The number of carbonyl (C=O) groups is 1. The summed E-state index contributed by atoms with van der Waals surface area (Å²) >= 11 is 3.46. The number of rotatable bonds is 7. The van der Waals surface area contributed by atoms with E-state index in [2.05, 4.69) is 38.2 Å². The predicted octanol–water partition coefficient (Wildman–Crippen LogP) is 5.32. The number of hydrogen-bond acceptors (Lipinski definition) is 6. The molecular weight excluding hydrogens is 508 g/mol. The van der Waals surface area contributed by atoms with Crippen molar-refractivity contribution in [3.8, 4) is 11.5 Å². The molecule has 1 aliphatic heterocycles. The Bertz CT molecular complexity index is 1330. The Balaban J connectivity index is 1.35. The van der Waals surface area contributed by atoms with E-state index in [-0.39, 0.29) is 6.04 Å². The molecule has 8 nitrogen and oxygen atoms in total. The fourth-order valence-corrected chi connectivity index (χ4v) is 4.62. The zero-order chi connectivity index (χ0) is 24.4. The first-order chi connectivity index (χ1) is 17.0. The normalized spacial score (nSPS) is 14.7. The summed E-state index contributed by atoms with van der Waals surface area (Å²) in [5.41, 5.74) is 2.76. The Morgan fingerprint density at radius 1 is 1.06 bits per heavy atom. The summed E-state index contributed by atoms with van der Waals surface area (Å²) in [6, 6.07) is 17.5. The molecule has 2 aromatic heterocycles. The summed E-state index contributed by atoms with van der Waals surface area (Å²) in [5, 5.41) is 3.36. The number of likely N-dealkylation sites (tertiary alicyclic amines) is 1. The number of imidazole rings is 1. The fourth-order valence-electron chi connectivity index (χ4n) is 4.36. The van der Waals surface area contributed by atoms with Gasteiger partial charge < -0.3 is 19.5 Å². The lowest BCUT2D eigenvalue weighted by atomic mass is 10.0. The molecule has 9 heteroatoms. The molecule has 0 spiro atoms. The minimum atomic E-state index is 0.146. The van der Waals surface area contributed by atoms with Crippen LogP contribution in [0.25, 0.3) is 11.0 Å². The molecule has 1 N–H and O–H groups in total. The first kappa shape index (κ1) is 23.3. The highest BCUT2D eigenvalue weighted by atomic mass is 79.9. The molecule has 0 atom stereocenters. The summed E-state index contributed by atoms with van der Waals surface area (Å²) in [7, 11) is 4.08. The minimum absolute atomic E-state index is 0.146. The maximum absolute atomic E-state index is 11.9. The van der Waals surface area contributed by atoms with Crippen LogP contribution < -0.4 is 15.0 Å². The van der Waals surface area contributed by atoms with Crippen molar-refractivity contribution in [1.29, 1.82) is 0 Å². The van der Waals surface area contributed by atoms with Crippen molar-refractivity contribution < 1.29 is 9.53 Å². The predicted molar refractivity (Wildman–Crippen MR) is 142 cm³/mol. The molecule has 4 aromatic rings. The molecule has 1 amide bonds. The number of fused-ring (bicyclic) bond motifs is 1. The largest absolute Gasteiger partial charge is 0.457 e. The van der Waals surface area contributed by atoms with Crippen LogP contribution in [0, 0.1) is 0 Å². The second-order valence-corrected chi connectivity index (χ2v) is 9.69. The number of nitrogens with zero attached hydrogens (tertiary/aromatic N) is 5. The van der Waals surface area contributed by atoms with Crippen LogP contribution in [0.4, 0.5) is 17.5 Å². The average molecular weight is 535 g/mol. The van der Waals surface area contributed by atoms with E-state index in [4.69, 9.17) is 9.72 Å². The van der Waals surface area contributed by atoms with Gasteiger partial charge in [0.1, 0.15) is 17.3 Å². The van der Waals surface area contributed by atoms with Crippen molar-refractivity contribution in [1.82, 2.24) is 19.4 Å². The van der Waals surface area contributed by atoms with Gasteiger partial charge in [0.25, 0.3) is 0 Å². The van der Waals surface area contributed by atoms with E-state index in [0.717, 1.165) is 59.5 Å². The summed E-state index contributed by atoms with van der Waals surface area (Å²) in [6.45, 7) is 1.93. The molecular formula is C26H27BrN6O2. The molecule has 0 saturated carbocycles. The number of aromatic nitrogens is 3. The van der Waals surface area contributed by atoms with E-state index in [1.165, 1.54) is 0 Å². The molecule has 0 bridgehead atoms. The lowest BCUT2D eigenvalue weighted by molar-refractivity contribution is -0.108. The van der Waals surface area contributed by atoms with Crippen LogP contribution in [-0.2, 0) is 11.8 Å². The molecule has 1 saturated heterocycles. The van der Waals surface area contributed by atoms with Crippen molar-refractivity contribution in [3.05, 3.63) is 65.3 Å². The van der Waals surface area contributed by atoms with Crippen LogP contribution in [0.1, 0.15) is 12.8 Å². The van der Waals surface area contributed by atoms with Crippen LogP contribution in [0.15, 0.2) is 65.3 Å². The summed E-state index contributed by atoms with van der Waals surface area (Å²) in [6.07, 6.45) is 4.40. The third-order valence-corrected chi connectivity index (χ3v) is 6.89. The van der Waals surface area contributed by atoms with E-state index < -0.39 is 0 Å². The van der Waals surface area contributed by atoms with Gasteiger partial charge >= 0.3 is 0 Å². The highest BCUT2D eigenvalue weighted by Gasteiger charge is 2.24. The molecule has 35 heavy (non-hydrogen) atoms. The molecule has 1 fully saturated rings. The first-order valence-electron chi connectivity index (χ1n) is 11.6. The third kappa shape index (κ3) is 5.16. The number of piperidine rings is 1. The number of ether oxygens (including phenoxy) is 1. The number of halogens is 1. The first-order valence-corrected chi connectivity index (χ1v) is 12.3. The molecule has 1 aliphatic rings. The molecule has 5 rings (SSSR count). The summed E-state index contributed by atoms with van der Waals surface area (Å²) in [4.78, 5) is 25.1. The second kappa shape index (κ2) is 10.1.